The molecular formula is C12H16N2O5S. The summed E-state index contributed by atoms with van der Waals surface area (Å²) in [4.78, 5) is 24.9. The number of nitrogens with zero attached hydrogens (tertiary/aromatic N) is 1. The molecule has 1 heterocycles. The number of thiocarbonyl (C=S) groups is 1. The van der Waals surface area contributed by atoms with Crippen molar-refractivity contribution in [3.63, 3.8) is 0 Å². The Hall–Kier alpha value is -1.61. The fourth-order valence-electron chi connectivity index (χ4n) is 1.56. The third kappa shape index (κ3) is 3.70. The summed E-state index contributed by atoms with van der Waals surface area (Å²) in [5.74, 6) is -1.25. The van der Waals surface area contributed by atoms with Crippen LogP contribution in [0.5, 0.6) is 0 Å². The van der Waals surface area contributed by atoms with Crippen molar-refractivity contribution < 1.29 is 24.9 Å². The van der Waals surface area contributed by atoms with Gasteiger partial charge in [-0.2, -0.15) is 0 Å². The lowest BCUT2D eigenvalue weighted by Gasteiger charge is -2.28. The molecule has 8 heteroatoms. The van der Waals surface area contributed by atoms with Crippen LogP contribution in [0.2, 0.25) is 0 Å². The maximum absolute atomic E-state index is 12.1. The average molecular weight is 300 g/mol. The van der Waals surface area contributed by atoms with E-state index in [4.69, 9.17) is 17.3 Å². The molecule has 2 amide bonds. The summed E-state index contributed by atoms with van der Waals surface area (Å²) in [6.45, 7) is 3.03. The van der Waals surface area contributed by atoms with Crippen LogP contribution in [-0.2, 0) is 9.59 Å². The van der Waals surface area contributed by atoms with E-state index >= 15 is 0 Å². The summed E-state index contributed by atoms with van der Waals surface area (Å²) in [6.07, 6.45) is -0.0815. The fourth-order valence-corrected chi connectivity index (χ4v) is 1.81. The van der Waals surface area contributed by atoms with Crippen LogP contribution in [0.3, 0.4) is 0 Å². The molecule has 0 aromatic heterocycles. The van der Waals surface area contributed by atoms with E-state index in [0.29, 0.717) is 0 Å². The molecule has 1 aliphatic rings. The Balaban J connectivity index is 2.86. The number of carbonyl (C=O) groups is 2. The molecule has 1 rings (SSSR count). The Labute approximate surface area is 121 Å². The maximum atomic E-state index is 12.1. The summed E-state index contributed by atoms with van der Waals surface area (Å²) in [6, 6.07) is 0. The molecule has 0 aliphatic carbocycles. The van der Waals surface area contributed by atoms with Gasteiger partial charge in [0.25, 0.3) is 11.8 Å². The Morgan fingerprint density at radius 2 is 2.00 bits per heavy atom. The van der Waals surface area contributed by atoms with Gasteiger partial charge in [-0.25, -0.2) is 0 Å². The molecule has 0 saturated carbocycles. The Bertz CT molecular complexity index is 463. The molecule has 4 N–H and O–H groups in total. The van der Waals surface area contributed by atoms with E-state index < -0.39 is 30.6 Å². The van der Waals surface area contributed by atoms with Crippen molar-refractivity contribution in [1.82, 2.24) is 10.2 Å². The average Bonchev–Trinajstić information content (AvgIpc) is 2.41. The second-order valence-corrected chi connectivity index (χ2v) is 4.52. The summed E-state index contributed by atoms with van der Waals surface area (Å²) in [5, 5.41) is 29.7. The van der Waals surface area contributed by atoms with Crippen LogP contribution < -0.4 is 5.32 Å². The van der Waals surface area contributed by atoms with Crippen molar-refractivity contribution in [2.75, 3.05) is 13.2 Å². The topological polar surface area (TPSA) is 110 Å². The highest BCUT2D eigenvalue weighted by Crippen LogP contribution is 2.12. The molecule has 20 heavy (non-hydrogen) atoms. The van der Waals surface area contributed by atoms with Gasteiger partial charge >= 0.3 is 0 Å². The first-order valence-electron chi connectivity index (χ1n) is 5.87. The Morgan fingerprint density at radius 3 is 2.55 bits per heavy atom. The number of hydrogen-bond acceptors (Lipinski definition) is 6. The molecule has 0 aromatic carbocycles. The highest BCUT2D eigenvalue weighted by atomic mass is 32.1. The number of amides is 2. The molecule has 7 nitrogen and oxygen atoms in total. The van der Waals surface area contributed by atoms with Crippen LogP contribution in [0.1, 0.15) is 6.42 Å². The van der Waals surface area contributed by atoms with Gasteiger partial charge in [0.2, 0.25) is 0 Å². The first-order valence-corrected chi connectivity index (χ1v) is 6.28. The van der Waals surface area contributed by atoms with Gasteiger partial charge in [-0.05, 0) is 18.6 Å². The lowest BCUT2D eigenvalue weighted by atomic mass is 10.1. The van der Waals surface area contributed by atoms with E-state index in [1.165, 1.54) is 12.2 Å². The number of carbonyl (C=O) groups excluding carboxylic acids is 2. The SMILES string of the molecule is C=CCN1C(=O)/C(=C/C[C@H](O)[C@H](O)CO)C(=O)NC1=S. The number of nitrogens with one attached hydrogen (secondary N) is 1. The Kier molecular flexibility index (Phi) is 5.96. The smallest absolute Gasteiger partial charge is 0.265 e. The third-order valence-corrected chi connectivity index (χ3v) is 3.01. The zero-order chi connectivity index (χ0) is 15.3. The van der Waals surface area contributed by atoms with Gasteiger partial charge < -0.3 is 15.3 Å². The number of hydrogen-bond donors (Lipinski definition) is 4. The van der Waals surface area contributed by atoms with E-state index in [-0.39, 0.29) is 23.7 Å². The van der Waals surface area contributed by atoms with E-state index in [9.17, 15) is 19.8 Å². The molecule has 0 radical (unpaired) electrons. The number of aliphatic hydroxyl groups excluding tert-OH is 3. The minimum absolute atomic E-state index is 0.00649. The molecule has 1 fully saturated rings. The van der Waals surface area contributed by atoms with Crippen LogP contribution in [0, 0.1) is 0 Å². The molecule has 1 saturated heterocycles. The van der Waals surface area contributed by atoms with E-state index in [0.717, 1.165) is 4.90 Å². The quantitative estimate of drug-likeness (QED) is 0.204. The van der Waals surface area contributed by atoms with Crippen molar-refractivity contribution in [3.8, 4) is 0 Å². The standard InChI is InChI=1S/C12H16N2O5S/c1-2-5-14-11(19)7(10(18)13-12(14)20)3-4-8(16)9(17)6-15/h2-3,8-9,15-17H,1,4-6H2,(H,13,18,20)/b7-3+/t8-,9+/m0/s1. The summed E-state index contributed by atoms with van der Waals surface area (Å²) >= 11 is 4.87. The number of rotatable bonds is 6. The summed E-state index contributed by atoms with van der Waals surface area (Å²) in [5.41, 5.74) is -0.176. The lowest BCUT2D eigenvalue weighted by Crippen LogP contribution is -2.54. The predicted molar refractivity (Wildman–Crippen MR) is 74.5 cm³/mol. The van der Waals surface area contributed by atoms with Crippen molar-refractivity contribution in [2.24, 2.45) is 0 Å². The molecule has 0 unspecified atom stereocenters. The van der Waals surface area contributed by atoms with Crippen LogP contribution in [0.4, 0.5) is 0 Å². The van der Waals surface area contributed by atoms with Crippen molar-refractivity contribution in [3.05, 3.63) is 24.3 Å². The normalized spacial score (nSPS) is 20.9. The van der Waals surface area contributed by atoms with Gasteiger partial charge in [0, 0.05) is 6.54 Å². The van der Waals surface area contributed by atoms with Crippen molar-refractivity contribution in [1.29, 1.82) is 0 Å². The monoisotopic (exact) mass is 300 g/mol. The minimum atomic E-state index is -1.33. The molecule has 2 atom stereocenters. The van der Waals surface area contributed by atoms with Crippen LogP contribution >= 0.6 is 12.2 Å². The number of aliphatic hydroxyl groups is 3. The summed E-state index contributed by atoms with van der Waals surface area (Å²) in [7, 11) is 0. The van der Waals surface area contributed by atoms with Crippen molar-refractivity contribution in [2.45, 2.75) is 18.6 Å². The largest absolute Gasteiger partial charge is 0.394 e. The lowest BCUT2D eigenvalue weighted by molar-refractivity contribution is -0.128. The molecule has 0 spiro atoms. The maximum Gasteiger partial charge on any atom is 0.265 e. The molecule has 110 valence electrons. The first-order chi connectivity index (χ1) is 9.42. The molecule has 1 aliphatic heterocycles. The van der Waals surface area contributed by atoms with Gasteiger partial charge in [-0.15, -0.1) is 6.58 Å². The molecule has 0 bridgehead atoms. The zero-order valence-corrected chi connectivity index (χ0v) is 11.5. The third-order valence-electron chi connectivity index (χ3n) is 2.69. The Morgan fingerprint density at radius 1 is 1.35 bits per heavy atom. The van der Waals surface area contributed by atoms with E-state index in [1.54, 1.807) is 0 Å². The van der Waals surface area contributed by atoms with Crippen LogP contribution in [-0.4, -0.2) is 62.5 Å². The highest BCUT2D eigenvalue weighted by Gasteiger charge is 2.32. The molecular weight excluding hydrogens is 284 g/mol. The molecule has 0 aromatic rings. The van der Waals surface area contributed by atoms with Gasteiger partial charge in [-0.1, -0.05) is 12.2 Å². The van der Waals surface area contributed by atoms with Gasteiger partial charge in [-0.3, -0.25) is 19.8 Å². The minimum Gasteiger partial charge on any atom is -0.394 e. The first kappa shape index (κ1) is 16.4. The van der Waals surface area contributed by atoms with E-state index in [2.05, 4.69) is 11.9 Å². The van der Waals surface area contributed by atoms with Gasteiger partial charge in [0.15, 0.2) is 5.11 Å². The second kappa shape index (κ2) is 7.25. The van der Waals surface area contributed by atoms with Crippen molar-refractivity contribution >= 4 is 29.1 Å². The van der Waals surface area contributed by atoms with E-state index in [1.807, 2.05) is 0 Å². The highest BCUT2D eigenvalue weighted by molar-refractivity contribution is 7.80. The summed E-state index contributed by atoms with van der Waals surface area (Å²) < 4.78 is 0. The fraction of sp³-hybridized carbons (Fsp3) is 0.417. The van der Waals surface area contributed by atoms with Gasteiger partial charge in [0.05, 0.1) is 12.7 Å². The second-order valence-electron chi connectivity index (χ2n) is 4.13. The van der Waals surface area contributed by atoms with Gasteiger partial charge in [0.1, 0.15) is 11.7 Å². The predicted octanol–water partition coefficient (Wildman–Crippen LogP) is -1.55. The van der Waals surface area contributed by atoms with Crippen LogP contribution in [0.25, 0.3) is 0 Å². The zero-order valence-electron chi connectivity index (χ0n) is 10.7. The van der Waals surface area contributed by atoms with Crippen LogP contribution in [0.15, 0.2) is 24.3 Å².